The van der Waals surface area contributed by atoms with E-state index in [0.717, 1.165) is 33.0 Å². The van der Waals surface area contributed by atoms with E-state index < -0.39 is 0 Å². The summed E-state index contributed by atoms with van der Waals surface area (Å²) in [7, 11) is 0. The minimum absolute atomic E-state index is 0.649. The second-order valence-electron chi connectivity index (χ2n) is 7.12. The van der Waals surface area contributed by atoms with Crippen molar-refractivity contribution in [2.24, 2.45) is 0 Å². The number of aryl methyl sites for hydroxylation is 2. The van der Waals surface area contributed by atoms with E-state index >= 15 is 0 Å². The normalized spacial score (nSPS) is 11.5. The third kappa shape index (κ3) is 2.45. The number of aromatic nitrogens is 1. The molecular formula is C25H19NO. The van der Waals surface area contributed by atoms with Crippen LogP contribution in [0.15, 0.2) is 71.7 Å². The van der Waals surface area contributed by atoms with Crippen molar-refractivity contribution in [1.82, 2.24) is 4.98 Å². The van der Waals surface area contributed by atoms with Crippen LogP contribution in [0.2, 0.25) is 0 Å². The van der Waals surface area contributed by atoms with Gasteiger partial charge >= 0.3 is 0 Å². The molecule has 1 heterocycles. The maximum atomic E-state index is 6.28. The van der Waals surface area contributed by atoms with Gasteiger partial charge in [0, 0.05) is 16.3 Å². The van der Waals surface area contributed by atoms with E-state index in [1.54, 1.807) is 0 Å². The topological polar surface area (TPSA) is 26.0 Å². The molecule has 0 radical (unpaired) electrons. The monoisotopic (exact) mass is 349 g/mol. The fourth-order valence-electron chi connectivity index (χ4n) is 3.74. The molecule has 0 spiro atoms. The maximum Gasteiger partial charge on any atom is 0.227 e. The second-order valence-corrected chi connectivity index (χ2v) is 7.12. The van der Waals surface area contributed by atoms with Gasteiger partial charge in [0.25, 0.3) is 0 Å². The first-order valence-electron chi connectivity index (χ1n) is 9.10. The molecule has 4 aromatic carbocycles. The van der Waals surface area contributed by atoms with Gasteiger partial charge in [0.1, 0.15) is 5.52 Å². The van der Waals surface area contributed by atoms with Crippen LogP contribution in [-0.4, -0.2) is 4.98 Å². The van der Waals surface area contributed by atoms with Gasteiger partial charge < -0.3 is 4.42 Å². The molecule has 0 N–H and O–H groups in total. The molecule has 5 aromatic rings. The van der Waals surface area contributed by atoms with E-state index in [2.05, 4.69) is 56.8 Å². The van der Waals surface area contributed by atoms with Gasteiger partial charge in [0.2, 0.25) is 5.89 Å². The number of nitrogens with zero attached hydrogens (tertiary/aromatic N) is 1. The number of fused-ring (bicyclic) bond motifs is 6. The van der Waals surface area contributed by atoms with Gasteiger partial charge in [0.15, 0.2) is 5.58 Å². The van der Waals surface area contributed by atoms with Gasteiger partial charge in [0.05, 0.1) is 0 Å². The number of rotatable bonds is 2. The SMILES string of the molecule is C=Cc1ccc(-c2nc3c4ccc(C)cc4c4cc(C)ccc4c3o2)cc1. The highest BCUT2D eigenvalue weighted by atomic mass is 16.3. The minimum atomic E-state index is 0.649. The van der Waals surface area contributed by atoms with Crippen LogP contribution in [0.5, 0.6) is 0 Å². The van der Waals surface area contributed by atoms with Crippen molar-refractivity contribution in [3.05, 3.63) is 83.9 Å². The average molecular weight is 349 g/mol. The Kier molecular flexibility index (Phi) is 3.41. The van der Waals surface area contributed by atoms with Crippen molar-refractivity contribution >= 4 is 38.7 Å². The molecule has 0 bridgehead atoms. The van der Waals surface area contributed by atoms with Gasteiger partial charge in [-0.25, -0.2) is 4.98 Å². The molecule has 2 nitrogen and oxygen atoms in total. The van der Waals surface area contributed by atoms with Gasteiger partial charge in [-0.15, -0.1) is 0 Å². The van der Waals surface area contributed by atoms with Gasteiger partial charge in [-0.05, 0) is 42.3 Å². The minimum Gasteiger partial charge on any atom is -0.435 e. The molecule has 0 saturated heterocycles. The lowest BCUT2D eigenvalue weighted by molar-refractivity contribution is 0.623. The summed E-state index contributed by atoms with van der Waals surface area (Å²) in [5.74, 6) is 0.649. The quantitative estimate of drug-likeness (QED) is 0.319. The van der Waals surface area contributed by atoms with Crippen molar-refractivity contribution in [1.29, 1.82) is 0 Å². The van der Waals surface area contributed by atoms with E-state index in [1.807, 2.05) is 30.3 Å². The van der Waals surface area contributed by atoms with Gasteiger partial charge in [-0.3, -0.25) is 0 Å². The highest BCUT2D eigenvalue weighted by Crippen LogP contribution is 2.38. The number of oxazole rings is 1. The molecule has 0 amide bonds. The Bertz CT molecular complexity index is 1260. The molecule has 2 heteroatoms. The van der Waals surface area contributed by atoms with E-state index in [4.69, 9.17) is 9.40 Å². The van der Waals surface area contributed by atoms with E-state index in [-0.39, 0.29) is 0 Å². The lowest BCUT2D eigenvalue weighted by Gasteiger charge is -2.07. The Balaban J connectivity index is 1.89. The van der Waals surface area contributed by atoms with E-state index in [9.17, 15) is 0 Å². The van der Waals surface area contributed by atoms with Crippen LogP contribution in [0.3, 0.4) is 0 Å². The summed E-state index contributed by atoms with van der Waals surface area (Å²) in [6.45, 7) is 8.06. The van der Waals surface area contributed by atoms with Crippen LogP contribution in [0.4, 0.5) is 0 Å². The average Bonchev–Trinajstić information content (AvgIpc) is 3.13. The van der Waals surface area contributed by atoms with Crippen LogP contribution in [0.25, 0.3) is 50.2 Å². The Hall–Kier alpha value is -3.39. The number of hydrogen-bond acceptors (Lipinski definition) is 2. The lowest BCUT2D eigenvalue weighted by atomic mass is 9.97. The molecule has 0 fully saturated rings. The van der Waals surface area contributed by atoms with Crippen molar-refractivity contribution in [3.8, 4) is 11.5 Å². The summed E-state index contributed by atoms with van der Waals surface area (Å²) >= 11 is 0. The fourth-order valence-corrected chi connectivity index (χ4v) is 3.74. The molecule has 0 unspecified atom stereocenters. The first kappa shape index (κ1) is 15.8. The van der Waals surface area contributed by atoms with Crippen LogP contribution in [0.1, 0.15) is 16.7 Å². The van der Waals surface area contributed by atoms with Crippen molar-refractivity contribution in [2.45, 2.75) is 13.8 Å². The zero-order valence-electron chi connectivity index (χ0n) is 15.4. The smallest absolute Gasteiger partial charge is 0.227 e. The first-order valence-corrected chi connectivity index (χ1v) is 9.10. The Morgan fingerprint density at radius 3 is 2.07 bits per heavy atom. The Labute approximate surface area is 157 Å². The maximum absolute atomic E-state index is 6.28. The van der Waals surface area contributed by atoms with Crippen LogP contribution >= 0.6 is 0 Å². The zero-order valence-corrected chi connectivity index (χ0v) is 15.4. The predicted octanol–water partition coefficient (Wildman–Crippen LogP) is 7.06. The largest absolute Gasteiger partial charge is 0.435 e. The highest BCUT2D eigenvalue weighted by Gasteiger charge is 2.16. The van der Waals surface area contributed by atoms with Crippen LogP contribution in [0, 0.1) is 13.8 Å². The molecule has 5 rings (SSSR count). The standard InChI is InChI=1S/C25H19NO/c1-4-17-7-9-18(10-8-17)25-26-23-19-11-5-15(2)13-21(19)22-14-16(3)6-12-20(22)24(23)27-25/h4-14H,1H2,2-3H3. The molecule has 1 aromatic heterocycles. The highest BCUT2D eigenvalue weighted by molar-refractivity contribution is 6.23. The first-order chi connectivity index (χ1) is 13.1. The van der Waals surface area contributed by atoms with Gasteiger partial charge in [-0.1, -0.05) is 72.3 Å². The predicted molar refractivity (Wildman–Crippen MR) is 114 cm³/mol. The molecular weight excluding hydrogens is 330 g/mol. The summed E-state index contributed by atoms with van der Waals surface area (Å²) in [5, 5.41) is 4.68. The molecule has 27 heavy (non-hydrogen) atoms. The molecule has 130 valence electrons. The van der Waals surface area contributed by atoms with E-state index in [1.165, 1.54) is 21.9 Å². The number of hydrogen-bond donors (Lipinski definition) is 0. The summed E-state index contributed by atoms with van der Waals surface area (Å²) in [6.07, 6.45) is 1.83. The summed E-state index contributed by atoms with van der Waals surface area (Å²) in [5.41, 5.74) is 6.31. The Morgan fingerprint density at radius 2 is 1.41 bits per heavy atom. The van der Waals surface area contributed by atoms with Crippen LogP contribution in [-0.2, 0) is 0 Å². The number of benzene rings is 4. The lowest BCUT2D eigenvalue weighted by Crippen LogP contribution is -1.84. The third-order valence-corrected chi connectivity index (χ3v) is 5.16. The summed E-state index contributed by atoms with van der Waals surface area (Å²) in [4.78, 5) is 4.88. The van der Waals surface area contributed by atoms with Gasteiger partial charge in [-0.2, -0.15) is 0 Å². The molecule has 0 aliphatic carbocycles. The van der Waals surface area contributed by atoms with Crippen molar-refractivity contribution in [2.75, 3.05) is 0 Å². The Morgan fingerprint density at radius 1 is 0.778 bits per heavy atom. The fraction of sp³-hybridized carbons (Fsp3) is 0.0800. The molecule has 0 aliphatic rings. The second kappa shape index (κ2) is 5.82. The molecule has 0 aliphatic heterocycles. The molecule has 0 saturated carbocycles. The zero-order chi connectivity index (χ0) is 18.5. The van der Waals surface area contributed by atoms with Crippen molar-refractivity contribution < 1.29 is 4.42 Å². The van der Waals surface area contributed by atoms with Crippen molar-refractivity contribution in [3.63, 3.8) is 0 Å². The third-order valence-electron chi connectivity index (χ3n) is 5.16. The summed E-state index contributed by atoms with van der Waals surface area (Å²) in [6, 6.07) is 21.1. The summed E-state index contributed by atoms with van der Waals surface area (Å²) < 4.78 is 6.28. The molecule has 0 atom stereocenters. The van der Waals surface area contributed by atoms with Crippen LogP contribution < -0.4 is 0 Å². The van der Waals surface area contributed by atoms with E-state index in [0.29, 0.717) is 5.89 Å².